The molecule has 5 aliphatic carbocycles. The highest BCUT2D eigenvalue weighted by Crippen LogP contribution is 2.68. The molecule has 5 saturated carbocycles. The van der Waals surface area contributed by atoms with Gasteiger partial charge >= 0.3 is 5.97 Å². The van der Waals surface area contributed by atoms with E-state index in [9.17, 15) is 14.9 Å². The Bertz CT molecular complexity index is 1270. The highest BCUT2D eigenvalue weighted by Gasteiger charge is 2.60. The second-order valence-corrected chi connectivity index (χ2v) is 16.8. The minimum absolute atomic E-state index is 0.0177. The Labute approximate surface area is 291 Å². The van der Waals surface area contributed by atoms with Gasteiger partial charge in [-0.1, -0.05) is 79.4 Å². The van der Waals surface area contributed by atoms with E-state index in [1.165, 1.54) is 96.3 Å². The Hall–Kier alpha value is -2.37. The Balaban J connectivity index is 0.00000221. The van der Waals surface area contributed by atoms with Crippen molar-refractivity contribution in [3.05, 3.63) is 46.0 Å². The third kappa shape index (κ3) is 7.68. The first-order valence-electron chi connectivity index (χ1n) is 20.0. The number of esters is 1. The molecule has 0 aliphatic heterocycles. The van der Waals surface area contributed by atoms with Gasteiger partial charge in [0.2, 0.25) is 0 Å². The molecule has 8 atom stereocenters. The number of nitro benzene ring substituents is 1. The number of nitro groups is 1. The number of fused-ring (bicyclic) bond motifs is 5. The molecule has 1 aromatic rings. The van der Waals surface area contributed by atoms with E-state index in [0.717, 1.165) is 36.6 Å². The SMILES string of the molecule is C=C(NCC1CCCCC1)c1ccc(COC(=O)CCC(C)C2CCC3C4CCC5CCCCC5(C)C4CCC23C)c([N+](=O)[O-])c1.CC. The number of carbonyl (C=O) groups is 1. The molecule has 5 fully saturated rings. The number of benzene rings is 1. The van der Waals surface area contributed by atoms with Crippen LogP contribution in [0.15, 0.2) is 24.8 Å². The summed E-state index contributed by atoms with van der Waals surface area (Å²) in [5.41, 5.74) is 2.80. The lowest BCUT2D eigenvalue weighted by molar-refractivity contribution is -0.385. The second kappa shape index (κ2) is 16.1. The molecule has 6 nitrogen and oxygen atoms in total. The molecular weight excluding hydrogens is 596 g/mol. The summed E-state index contributed by atoms with van der Waals surface area (Å²) >= 11 is 0. The summed E-state index contributed by atoms with van der Waals surface area (Å²) in [6.07, 6.45) is 21.6. The van der Waals surface area contributed by atoms with Crippen LogP contribution in [0.5, 0.6) is 0 Å². The van der Waals surface area contributed by atoms with Crippen LogP contribution in [0.25, 0.3) is 5.70 Å². The van der Waals surface area contributed by atoms with Crippen molar-refractivity contribution >= 4 is 17.4 Å². The Morgan fingerprint density at radius 3 is 2.44 bits per heavy atom. The Kier molecular flexibility index (Phi) is 12.4. The van der Waals surface area contributed by atoms with E-state index in [2.05, 4.69) is 32.7 Å². The van der Waals surface area contributed by atoms with Crippen LogP contribution in [0.1, 0.15) is 155 Å². The number of hydrogen-bond acceptors (Lipinski definition) is 5. The van der Waals surface area contributed by atoms with Gasteiger partial charge in [-0.15, -0.1) is 0 Å². The number of nitrogens with zero attached hydrogens (tertiary/aromatic N) is 1. The summed E-state index contributed by atoms with van der Waals surface area (Å²) in [7, 11) is 0. The van der Waals surface area contributed by atoms with E-state index in [-0.39, 0.29) is 23.2 Å². The zero-order valence-electron chi connectivity index (χ0n) is 31.0. The maximum Gasteiger partial charge on any atom is 0.306 e. The molecule has 0 bridgehead atoms. The van der Waals surface area contributed by atoms with Crippen LogP contribution in [0.2, 0.25) is 0 Å². The average Bonchev–Trinajstić information content (AvgIpc) is 3.47. The van der Waals surface area contributed by atoms with E-state index in [1.807, 2.05) is 19.9 Å². The van der Waals surface area contributed by atoms with E-state index in [1.54, 1.807) is 12.1 Å². The van der Waals surface area contributed by atoms with E-state index in [0.29, 0.717) is 51.8 Å². The van der Waals surface area contributed by atoms with Crippen LogP contribution in [-0.4, -0.2) is 17.4 Å². The average molecular weight is 663 g/mol. The predicted molar refractivity (Wildman–Crippen MR) is 196 cm³/mol. The fourth-order valence-electron chi connectivity index (χ4n) is 11.9. The smallest absolute Gasteiger partial charge is 0.306 e. The van der Waals surface area contributed by atoms with E-state index < -0.39 is 0 Å². The Morgan fingerprint density at radius 2 is 1.69 bits per heavy atom. The van der Waals surface area contributed by atoms with Crippen molar-refractivity contribution < 1.29 is 14.5 Å². The minimum Gasteiger partial charge on any atom is -0.461 e. The molecule has 1 aromatic carbocycles. The molecular formula is C42H66N2O4. The molecule has 6 rings (SSSR count). The summed E-state index contributed by atoms with van der Waals surface area (Å²) in [6.45, 7) is 16.5. The summed E-state index contributed by atoms with van der Waals surface area (Å²) in [5.74, 6) is 5.14. The molecule has 0 radical (unpaired) electrons. The molecule has 0 heterocycles. The van der Waals surface area contributed by atoms with Crippen molar-refractivity contribution in [2.45, 2.75) is 150 Å². The fraction of sp³-hybridized carbons (Fsp3) is 0.786. The highest BCUT2D eigenvalue weighted by atomic mass is 16.6. The third-order valence-corrected chi connectivity index (χ3v) is 14.5. The number of hydrogen-bond donors (Lipinski definition) is 1. The number of ether oxygens (including phenoxy) is 1. The summed E-state index contributed by atoms with van der Waals surface area (Å²) in [4.78, 5) is 24.5. The van der Waals surface area contributed by atoms with Gasteiger partial charge in [0.1, 0.15) is 6.61 Å². The summed E-state index contributed by atoms with van der Waals surface area (Å²) in [5, 5.41) is 15.3. The van der Waals surface area contributed by atoms with Crippen molar-refractivity contribution in [2.24, 2.45) is 52.3 Å². The maximum absolute atomic E-state index is 12.9. The predicted octanol–water partition coefficient (Wildman–Crippen LogP) is 11.3. The van der Waals surface area contributed by atoms with Crippen LogP contribution < -0.4 is 5.32 Å². The van der Waals surface area contributed by atoms with Crippen molar-refractivity contribution in [3.63, 3.8) is 0 Å². The Morgan fingerprint density at radius 1 is 0.958 bits per heavy atom. The van der Waals surface area contributed by atoms with Gasteiger partial charge < -0.3 is 10.1 Å². The first-order valence-corrected chi connectivity index (χ1v) is 20.0. The standard InChI is InChI=1S/C40H60N2O4.C2H6/c1-27(34-18-19-35-33-17-16-32-12-8-9-22-39(32,3)36(33)21-23-40(34,35)4)13-20-38(43)46-26-31-15-14-30(24-37(31)42(44)45)28(2)41-25-29-10-6-5-7-11-29;1-2/h14-15,24,27,29,32-36,41H,2,5-13,16-23,25-26H2,1,3-4H3;1-2H3. The van der Waals surface area contributed by atoms with Crippen LogP contribution in [-0.2, 0) is 16.1 Å². The fourth-order valence-corrected chi connectivity index (χ4v) is 11.9. The van der Waals surface area contributed by atoms with Gasteiger partial charge in [-0.05, 0) is 129 Å². The van der Waals surface area contributed by atoms with Crippen molar-refractivity contribution in [2.75, 3.05) is 6.54 Å². The van der Waals surface area contributed by atoms with Gasteiger partial charge in [-0.3, -0.25) is 14.9 Å². The number of rotatable bonds is 11. The lowest BCUT2D eigenvalue weighted by atomic mass is 9.44. The quantitative estimate of drug-likeness (QED) is 0.145. The normalized spacial score (nSPS) is 33.6. The molecule has 5 aliphatic rings. The lowest BCUT2D eigenvalue weighted by Gasteiger charge is -2.61. The maximum atomic E-state index is 12.9. The first-order chi connectivity index (χ1) is 23.1. The van der Waals surface area contributed by atoms with Crippen LogP contribution >= 0.6 is 0 Å². The summed E-state index contributed by atoms with van der Waals surface area (Å²) in [6, 6.07) is 5.13. The first kappa shape index (κ1) is 36.9. The van der Waals surface area contributed by atoms with E-state index >= 15 is 0 Å². The lowest BCUT2D eigenvalue weighted by Crippen LogP contribution is -2.53. The molecule has 1 N–H and O–H groups in total. The molecule has 8 unspecified atom stereocenters. The molecule has 48 heavy (non-hydrogen) atoms. The van der Waals surface area contributed by atoms with Crippen LogP contribution in [0.3, 0.4) is 0 Å². The van der Waals surface area contributed by atoms with Gasteiger partial charge in [0.05, 0.1) is 10.5 Å². The van der Waals surface area contributed by atoms with Crippen molar-refractivity contribution in [1.82, 2.24) is 5.32 Å². The number of nitrogens with one attached hydrogen (secondary N) is 1. The molecule has 0 spiro atoms. The van der Waals surface area contributed by atoms with Gasteiger partial charge in [-0.25, -0.2) is 0 Å². The zero-order valence-corrected chi connectivity index (χ0v) is 31.0. The minimum atomic E-state index is -0.379. The van der Waals surface area contributed by atoms with Gasteiger partial charge in [0.15, 0.2) is 0 Å². The second-order valence-electron chi connectivity index (χ2n) is 16.8. The molecule has 268 valence electrons. The van der Waals surface area contributed by atoms with Crippen molar-refractivity contribution in [1.29, 1.82) is 0 Å². The molecule has 0 aromatic heterocycles. The van der Waals surface area contributed by atoms with E-state index in [4.69, 9.17) is 4.74 Å². The van der Waals surface area contributed by atoms with Gasteiger partial charge in [0.25, 0.3) is 5.69 Å². The molecule has 0 amide bonds. The van der Waals surface area contributed by atoms with Crippen molar-refractivity contribution in [3.8, 4) is 0 Å². The largest absolute Gasteiger partial charge is 0.461 e. The van der Waals surface area contributed by atoms with Gasteiger partial charge in [0, 0.05) is 30.3 Å². The molecule has 0 saturated heterocycles. The topological polar surface area (TPSA) is 81.5 Å². The van der Waals surface area contributed by atoms with Crippen LogP contribution in [0.4, 0.5) is 5.69 Å². The van der Waals surface area contributed by atoms with Crippen LogP contribution in [0, 0.1) is 62.4 Å². The third-order valence-electron chi connectivity index (χ3n) is 14.5. The number of carbonyl (C=O) groups excluding carboxylic acids is 1. The summed E-state index contributed by atoms with van der Waals surface area (Å²) < 4.78 is 5.64. The molecule has 6 heteroatoms. The van der Waals surface area contributed by atoms with Gasteiger partial charge in [-0.2, -0.15) is 0 Å². The highest BCUT2D eigenvalue weighted by molar-refractivity contribution is 5.70. The zero-order chi connectivity index (χ0) is 34.5. The monoisotopic (exact) mass is 663 g/mol.